The van der Waals surface area contributed by atoms with E-state index < -0.39 is 0 Å². The minimum atomic E-state index is -0.108. The first-order chi connectivity index (χ1) is 9.58. The summed E-state index contributed by atoms with van der Waals surface area (Å²) in [6.07, 6.45) is 1.97. The summed E-state index contributed by atoms with van der Waals surface area (Å²) in [5.41, 5.74) is 0.738. The molecule has 0 aliphatic carbocycles. The molecule has 1 heterocycles. The SMILES string of the molecule is CN(C(=O)CCn1cc(Br)ccc1=O)c1ccccc1. The summed E-state index contributed by atoms with van der Waals surface area (Å²) in [5, 5.41) is 0. The van der Waals surface area contributed by atoms with Crippen molar-refractivity contribution in [2.75, 3.05) is 11.9 Å². The van der Waals surface area contributed by atoms with Crippen LogP contribution in [0.1, 0.15) is 6.42 Å². The molecule has 0 aliphatic rings. The molecule has 1 aromatic heterocycles. The Balaban J connectivity index is 2.02. The quantitative estimate of drug-likeness (QED) is 0.862. The lowest BCUT2D eigenvalue weighted by atomic mass is 10.2. The highest BCUT2D eigenvalue weighted by molar-refractivity contribution is 9.10. The van der Waals surface area contributed by atoms with Crippen LogP contribution in [0.3, 0.4) is 0 Å². The van der Waals surface area contributed by atoms with Crippen molar-refractivity contribution in [3.8, 4) is 0 Å². The number of hydrogen-bond donors (Lipinski definition) is 0. The number of para-hydroxylation sites is 1. The van der Waals surface area contributed by atoms with Crippen molar-refractivity contribution in [3.05, 3.63) is 63.5 Å². The normalized spacial score (nSPS) is 10.3. The maximum Gasteiger partial charge on any atom is 0.250 e. The van der Waals surface area contributed by atoms with Crippen LogP contribution in [-0.2, 0) is 11.3 Å². The highest BCUT2D eigenvalue weighted by atomic mass is 79.9. The molecule has 0 atom stereocenters. The summed E-state index contributed by atoms with van der Waals surface area (Å²) in [6.45, 7) is 0.369. The van der Waals surface area contributed by atoms with Gasteiger partial charge in [0.2, 0.25) is 5.91 Å². The highest BCUT2D eigenvalue weighted by Gasteiger charge is 2.10. The number of hydrogen-bond acceptors (Lipinski definition) is 2. The second-order valence-corrected chi connectivity index (χ2v) is 5.33. The zero-order valence-corrected chi connectivity index (χ0v) is 12.7. The fourth-order valence-electron chi connectivity index (χ4n) is 1.86. The number of aromatic nitrogens is 1. The summed E-state index contributed by atoms with van der Waals surface area (Å²) in [5.74, 6) is -0.0249. The first kappa shape index (κ1) is 14.5. The number of anilines is 1. The van der Waals surface area contributed by atoms with Gasteiger partial charge in [0.1, 0.15) is 0 Å². The number of carbonyl (C=O) groups excluding carboxylic acids is 1. The van der Waals surface area contributed by atoms with E-state index in [1.165, 1.54) is 10.6 Å². The number of rotatable bonds is 4. The summed E-state index contributed by atoms with van der Waals surface area (Å²) >= 11 is 3.31. The van der Waals surface area contributed by atoms with Gasteiger partial charge in [-0.15, -0.1) is 0 Å². The minimum absolute atomic E-state index is 0.0249. The Morgan fingerprint density at radius 1 is 1.20 bits per heavy atom. The lowest BCUT2D eigenvalue weighted by molar-refractivity contribution is -0.118. The van der Waals surface area contributed by atoms with Crippen LogP contribution in [0.2, 0.25) is 0 Å². The number of amides is 1. The van der Waals surface area contributed by atoms with Crippen molar-refractivity contribution in [1.29, 1.82) is 0 Å². The molecule has 0 bridgehead atoms. The molecule has 5 heteroatoms. The molecule has 0 spiro atoms. The van der Waals surface area contributed by atoms with E-state index in [-0.39, 0.29) is 17.9 Å². The van der Waals surface area contributed by atoms with Crippen LogP contribution in [0.15, 0.2) is 57.9 Å². The van der Waals surface area contributed by atoms with E-state index in [1.807, 2.05) is 30.3 Å². The van der Waals surface area contributed by atoms with Crippen LogP contribution < -0.4 is 10.5 Å². The average molecular weight is 335 g/mol. The minimum Gasteiger partial charge on any atom is -0.315 e. The Morgan fingerprint density at radius 2 is 1.90 bits per heavy atom. The van der Waals surface area contributed by atoms with Crippen LogP contribution in [0.5, 0.6) is 0 Å². The Morgan fingerprint density at radius 3 is 2.60 bits per heavy atom. The Hall–Kier alpha value is -1.88. The average Bonchev–Trinajstić information content (AvgIpc) is 2.48. The summed E-state index contributed by atoms with van der Waals surface area (Å²) in [7, 11) is 1.74. The van der Waals surface area contributed by atoms with Gasteiger partial charge in [0, 0.05) is 42.4 Å². The molecular formula is C15H15BrN2O2. The molecule has 20 heavy (non-hydrogen) atoms. The van der Waals surface area contributed by atoms with E-state index in [4.69, 9.17) is 0 Å². The topological polar surface area (TPSA) is 42.3 Å². The van der Waals surface area contributed by atoms with Gasteiger partial charge in [-0.05, 0) is 34.1 Å². The Kier molecular flexibility index (Phi) is 4.74. The second-order valence-electron chi connectivity index (χ2n) is 4.42. The zero-order valence-electron chi connectivity index (χ0n) is 11.1. The van der Waals surface area contributed by atoms with E-state index in [9.17, 15) is 9.59 Å². The summed E-state index contributed by atoms with van der Waals surface area (Å²) in [4.78, 5) is 25.4. The van der Waals surface area contributed by atoms with E-state index >= 15 is 0 Å². The van der Waals surface area contributed by atoms with E-state index in [0.29, 0.717) is 6.54 Å². The molecule has 0 aliphatic heterocycles. The standard InChI is InChI=1S/C15H15BrN2O2/c1-17(13-5-3-2-4-6-13)14(19)9-10-18-11-12(16)7-8-15(18)20/h2-8,11H,9-10H2,1H3. The van der Waals surface area contributed by atoms with Crippen molar-refractivity contribution in [2.24, 2.45) is 0 Å². The second kappa shape index (κ2) is 6.52. The van der Waals surface area contributed by atoms with E-state index in [0.717, 1.165) is 10.2 Å². The predicted octanol–water partition coefficient (Wildman–Crippen LogP) is 2.66. The molecular weight excluding hydrogens is 320 g/mol. The van der Waals surface area contributed by atoms with Crippen molar-refractivity contribution >= 4 is 27.5 Å². The maximum atomic E-state index is 12.1. The van der Waals surface area contributed by atoms with Crippen LogP contribution in [0.25, 0.3) is 0 Å². The number of pyridine rings is 1. The zero-order chi connectivity index (χ0) is 14.5. The molecule has 0 saturated heterocycles. The van der Waals surface area contributed by atoms with Crippen molar-refractivity contribution in [3.63, 3.8) is 0 Å². The first-order valence-electron chi connectivity index (χ1n) is 6.25. The van der Waals surface area contributed by atoms with Gasteiger partial charge in [0.05, 0.1) is 0 Å². The lowest BCUT2D eigenvalue weighted by Gasteiger charge is -2.17. The summed E-state index contributed by atoms with van der Waals surface area (Å²) < 4.78 is 2.35. The molecule has 1 aromatic carbocycles. The van der Waals surface area contributed by atoms with E-state index in [2.05, 4.69) is 15.9 Å². The molecule has 0 saturated carbocycles. The summed E-state index contributed by atoms with van der Waals surface area (Å²) in [6, 6.07) is 12.6. The molecule has 0 N–H and O–H groups in total. The van der Waals surface area contributed by atoms with Crippen LogP contribution >= 0.6 is 15.9 Å². The van der Waals surface area contributed by atoms with Crippen molar-refractivity contribution in [1.82, 2.24) is 4.57 Å². The number of nitrogens with zero attached hydrogens (tertiary/aromatic N) is 2. The monoisotopic (exact) mass is 334 g/mol. The van der Waals surface area contributed by atoms with Gasteiger partial charge in [0.15, 0.2) is 0 Å². The van der Waals surface area contributed by atoms with Crippen molar-refractivity contribution in [2.45, 2.75) is 13.0 Å². The first-order valence-corrected chi connectivity index (χ1v) is 7.05. The number of carbonyl (C=O) groups is 1. The molecule has 2 rings (SSSR count). The molecule has 0 fully saturated rings. The molecule has 0 radical (unpaired) electrons. The fourth-order valence-corrected chi connectivity index (χ4v) is 2.24. The largest absolute Gasteiger partial charge is 0.315 e. The third kappa shape index (κ3) is 3.57. The van der Waals surface area contributed by atoms with Gasteiger partial charge in [-0.1, -0.05) is 18.2 Å². The van der Waals surface area contributed by atoms with Gasteiger partial charge in [-0.25, -0.2) is 0 Å². The predicted molar refractivity (Wildman–Crippen MR) is 82.9 cm³/mol. The highest BCUT2D eigenvalue weighted by Crippen LogP contribution is 2.12. The molecule has 104 valence electrons. The lowest BCUT2D eigenvalue weighted by Crippen LogP contribution is -2.28. The third-order valence-corrected chi connectivity index (χ3v) is 3.50. The van der Waals surface area contributed by atoms with Gasteiger partial charge in [-0.2, -0.15) is 0 Å². The van der Waals surface area contributed by atoms with Gasteiger partial charge >= 0.3 is 0 Å². The number of benzene rings is 1. The van der Waals surface area contributed by atoms with Gasteiger partial charge in [0.25, 0.3) is 5.56 Å². The smallest absolute Gasteiger partial charge is 0.250 e. The number of aryl methyl sites for hydroxylation is 1. The van der Waals surface area contributed by atoms with Crippen LogP contribution in [0.4, 0.5) is 5.69 Å². The molecule has 4 nitrogen and oxygen atoms in total. The molecule has 1 amide bonds. The molecule has 0 unspecified atom stereocenters. The van der Waals surface area contributed by atoms with Gasteiger partial charge in [-0.3, -0.25) is 9.59 Å². The molecule has 2 aromatic rings. The van der Waals surface area contributed by atoms with Crippen LogP contribution in [-0.4, -0.2) is 17.5 Å². The van der Waals surface area contributed by atoms with Gasteiger partial charge < -0.3 is 9.47 Å². The number of halogens is 1. The Bertz CT molecular complexity index is 652. The third-order valence-electron chi connectivity index (χ3n) is 3.03. The maximum absolute atomic E-state index is 12.1. The van der Waals surface area contributed by atoms with Crippen LogP contribution in [0, 0.1) is 0 Å². The Labute approximate surface area is 125 Å². The van der Waals surface area contributed by atoms with Crippen molar-refractivity contribution < 1.29 is 4.79 Å². The fraction of sp³-hybridized carbons (Fsp3) is 0.200. The van der Waals surface area contributed by atoms with E-state index in [1.54, 1.807) is 24.2 Å².